The van der Waals surface area contributed by atoms with Gasteiger partial charge in [0, 0.05) is 24.5 Å². The highest BCUT2D eigenvalue weighted by Crippen LogP contribution is 2.14. The molecule has 0 aliphatic carbocycles. The van der Waals surface area contributed by atoms with Gasteiger partial charge in [0.15, 0.2) is 0 Å². The fraction of sp³-hybridized carbons (Fsp3) is 0.429. The summed E-state index contributed by atoms with van der Waals surface area (Å²) >= 11 is 0. The van der Waals surface area contributed by atoms with Gasteiger partial charge < -0.3 is 10.2 Å². The van der Waals surface area contributed by atoms with Gasteiger partial charge in [-0.2, -0.15) is 5.10 Å². The molecule has 5 heteroatoms. The van der Waals surface area contributed by atoms with E-state index < -0.39 is 0 Å². The Hall–Kier alpha value is -1.88. The zero-order valence-electron chi connectivity index (χ0n) is 11.7. The van der Waals surface area contributed by atoms with E-state index in [-0.39, 0.29) is 5.91 Å². The molecule has 0 saturated heterocycles. The lowest BCUT2D eigenvalue weighted by molar-refractivity contribution is 0.0952. The first-order valence-electron chi connectivity index (χ1n) is 6.42. The van der Waals surface area contributed by atoms with Crippen molar-refractivity contribution in [2.45, 2.75) is 6.42 Å². The third-order valence-corrected chi connectivity index (χ3v) is 3.08. The number of aromatic nitrogens is 2. The van der Waals surface area contributed by atoms with Gasteiger partial charge in [-0.05, 0) is 39.2 Å². The van der Waals surface area contributed by atoms with Crippen molar-refractivity contribution in [3.8, 4) is 0 Å². The van der Waals surface area contributed by atoms with Crippen molar-refractivity contribution < 1.29 is 4.79 Å². The van der Waals surface area contributed by atoms with Crippen LogP contribution in [-0.2, 0) is 7.05 Å². The molecular weight excluding hydrogens is 240 g/mol. The molecule has 0 aliphatic rings. The Morgan fingerprint density at radius 1 is 1.42 bits per heavy atom. The van der Waals surface area contributed by atoms with Gasteiger partial charge in [0.25, 0.3) is 5.91 Å². The number of benzene rings is 1. The topological polar surface area (TPSA) is 50.2 Å². The Kier molecular flexibility index (Phi) is 4.16. The quantitative estimate of drug-likeness (QED) is 0.823. The molecule has 0 bridgehead atoms. The molecular formula is C14H20N4O. The van der Waals surface area contributed by atoms with Gasteiger partial charge in [-0.3, -0.25) is 9.48 Å². The number of fused-ring (bicyclic) bond motifs is 1. The molecule has 0 aliphatic heterocycles. The highest BCUT2D eigenvalue weighted by Gasteiger charge is 2.07. The maximum atomic E-state index is 12.0. The second-order valence-corrected chi connectivity index (χ2v) is 4.95. The van der Waals surface area contributed by atoms with Gasteiger partial charge in [-0.1, -0.05) is 6.07 Å². The Balaban J connectivity index is 1.99. The van der Waals surface area contributed by atoms with Crippen LogP contribution in [0.25, 0.3) is 10.9 Å². The third kappa shape index (κ3) is 3.32. The van der Waals surface area contributed by atoms with E-state index in [1.807, 2.05) is 39.3 Å². The van der Waals surface area contributed by atoms with Crippen LogP contribution in [0, 0.1) is 0 Å². The van der Waals surface area contributed by atoms with Crippen LogP contribution < -0.4 is 5.32 Å². The fourth-order valence-corrected chi connectivity index (χ4v) is 1.98. The summed E-state index contributed by atoms with van der Waals surface area (Å²) in [5.74, 6) is -0.0261. The molecule has 5 nitrogen and oxygen atoms in total. The number of aryl methyl sites for hydroxylation is 1. The van der Waals surface area contributed by atoms with E-state index in [0.717, 1.165) is 23.9 Å². The summed E-state index contributed by atoms with van der Waals surface area (Å²) in [4.78, 5) is 14.1. The number of nitrogens with one attached hydrogen (secondary N) is 1. The van der Waals surface area contributed by atoms with Crippen LogP contribution in [0.15, 0.2) is 24.4 Å². The lowest BCUT2D eigenvalue weighted by Gasteiger charge is -2.10. The lowest BCUT2D eigenvalue weighted by Crippen LogP contribution is -2.27. The maximum Gasteiger partial charge on any atom is 0.251 e. The second kappa shape index (κ2) is 5.84. The predicted octanol–water partition coefficient (Wildman–Crippen LogP) is 1.25. The molecule has 0 fully saturated rings. The average Bonchev–Trinajstić information content (AvgIpc) is 2.75. The van der Waals surface area contributed by atoms with Crippen molar-refractivity contribution >= 4 is 16.8 Å². The summed E-state index contributed by atoms with van der Waals surface area (Å²) in [7, 11) is 5.93. The Bertz CT molecular complexity index is 574. The number of amides is 1. The Labute approximate surface area is 113 Å². The second-order valence-electron chi connectivity index (χ2n) is 4.95. The summed E-state index contributed by atoms with van der Waals surface area (Å²) < 4.78 is 1.78. The van der Waals surface area contributed by atoms with E-state index >= 15 is 0 Å². The zero-order chi connectivity index (χ0) is 13.8. The predicted molar refractivity (Wildman–Crippen MR) is 76.2 cm³/mol. The Morgan fingerprint density at radius 3 is 2.95 bits per heavy atom. The molecule has 2 aromatic rings. The SMILES string of the molecule is CN(C)CCCNC(=O)c1ccc2cnn(C)c2c1. The number of carbonyl (C=O) groups excluding carboxylic acids is 1. The van der Waals surface area contributed by atoms with E-state index in [2.05, 4.69) is 15.3 Å². The fourth-order valence-electron chi connectivity index (χ4n) is 1.98. The monoisotopic (exact) mass is 260 g/mol. The van der Waals surface area contributed by atoms with Crippen molar-refractivity contribution in [1.29, 1.82) is 0 Å². The number of rotatable bonds is 5. The summed E-state index contributed by atoms with van der Waals surface area (Å²) in [6, 6.07) is 5.64. The van der Waals surface area contributed by atoms with Crippen LogP contribution >= 0.6 is 0 Å². The van der Waals surface area contributed by atoms with Gasteiger partial charge in [-0.15, -0.1) is 0 Å². The van der Waals surface area contributed by atoms with Crippen molar-refractivity contribution in [3.05, 3.63) is 30.0 Å². The maximum absolute atomic E-state index is 12.0. The molecule has 0 radical (unpaired) electrons. The number of hydrogen-bond donors (Lipinski definition) is 1. The van der Waals surface area contributed by atoms with Crippen molar-refractivity contribution in [1.82, 2.24) is 20.0 Å². The van der Waals surface area contributed by atoms with Crippen LogP contribution in [0.1, 0.15) is 16.8 Å². The molecule has 0 saturated carbocycles. The molecule has 1 aromatic heterocycles. The average molecular weight is 260 g/mol. The van der Waals surface area contributed by atoms with Gasteiger partial charge in [0.1, 0.15) is 0 Å². The van der Waals surface area contributed by atoms with E-state index in [1.165, 1.54) is 0 Å². The standard InChI is InChI=1S/C14H20N4O/c1-17(2)8-4-7-15-14(19)11-5-6-12-10-16-18(3)13(12)9-11/h5-6,9-10H,4,7-8H2,1-3H3,(H,15,19). The van der Waals surface area contributed by atoms with Crippen LogP contribution in [0.3, 0.4) is 0 Å². The first-order chi connectivity index (χ1) is 9.08. The molecule has 0 spiro atoms. The third-order valence-electron chi connectivity index (χ3n) is 3.08. The highest BCUT2D eigenvalue weighted by atomic mass is 16.1. The first kappa shape index (κ1) is 13.5. The minimum absolute atomic E-state index is 0.0261. The molecule has 1 amide bonds. The van der Waals surface area contributed by atoms with Crippen molar-refractivity contribution in [2.24, 2.45) is 7.05 Å². The number of hydrogen-bond acceptors (Lipinski definition) is 3. The van der Waals surface area contributed by atoms with E-state index in [1.54, 1.807) is 10.9 Å². The van der Waals surface area contributed by atoms with Gasteiger partial charge in [0.05, 0.1) is 11.7 Å². The van der Waals surface area contributed by atoms with E-state index in [0.29, 0.717) is 12.1 Å². The van der Waals surface area contributed by atoms with Crippen LogP contribution in [0.5, 0.6) is 0 Å². The highest BCUT2D eigenvalue weighted by molar-refractivity contribution is 5.97. The minimum Gasteiger partial charge on any atom is -0.352 e. The molecule has 1 aromatic carbocycles. The lowest BCUT2D eigenvalue weighted by atomic mass is 10.1. The summed E-state index contributed by atoms with van der Waals surface area (Å²) in [5, 5.41) is 8.15. The number of carbonyl (C=O) groups is 1. The molecule has 19 heavy (non-hydrogen) atoms. The summed E-state index contributed by atoms with van der Waals surface area (Å²) in [5.41, 5.74) is 1.65. The van der Waals surface area contributed by atoms with Crippen molar-refractivity contribution in [2.75, 3.05) is 27.2 Å². The van der Waals surface area contributed by atoms with Gasteiger partial charge in [0.2, 0.25) is 0 Å². The minimum atomic E-state index is -0.0261. The van der Waals surface area contributed by atoms with Crippen LogP contribution in [0.2, 0.25) is 0 Å². The smallest absolute Gasteiger partial charge is 0.251 e. The summed E-state index contributed by atoms with van der Waals surface area (Å²) in [6.45, 7) is 1.67. The number of nitrogens with zero attached hydrogens (tertiary/aromatic N) is 3. The van der Waals surface area contributed by atoms with Crippen molar-refractivity contribution in [3.63, 3.8) is 0 Å². The van der Waals surface area contributed by atoms with E-state index in [9.17, 15) is 4.79 Å². The molecule has 1 heterocycles. The molecule has 2 rings (SSSR count). The normalized spacial score (nSPS) is 11.2. The Morgan fingerprint density at radius 2 is 2.21 bits per heavy atom. The molecule has 0 unspecified atom stereocenters. The molecule has 1 N–H and O–H groups in total. The van der Waals surface area contributed by atoms with Crippen LogP contribution in [0.4, 0.5) is 0 Å². The molecule has 0 atom stereocenters. The van der Waals surface area contributed by atoms with Gasteiger partial charge in [-0.25, -0.2) is 0 Å². The zero-order valence-corrected chi connectivity index (χ0v) is 11.7. The summed E-state index contributed by atoms with van der Waals surface area (Å²) in [6.07, 6.45) is 2.75. The van der Waals surface area contributed by atoms with E-state index in [4.69, 9.17) is 0 Å². The first-order valence-corrected chi connectivity index (χ1v) is 6.42. The molecule has 102 valence electrons. The van der Waals surface area contributed by atoms with Gasteiger partial charge >= 0.3 is 0 Å². The van der Waals surface area contributed by atoms with Crippen LogP contribution in [-0.4, -0.2) is 47.8 Å². The largest absolute Gasteiger partial charge is 0.352 e.